The highest BCUT2D eigenvalue weighted by molar-refractivity contribution is 5.69. The quantitative estimate of drug-likeness (QED) is 0.788. The van der Waals surface area contributed by atoms with Crippen LogP contribution < -0.4 is 15.2 Å². The maximum absolute atomic E-state index is 10.6. The molecular formula is C12H13NO3. The summed E-state index contributed by atoms with van der Waals surface area (Å²) < 4.78 is 10.5. The molecule has 0 aromatic heterocycles. The Bertz CT molecular complexity index is 463. The number of primary amides is 1. The van der Waals surface area contributed by atoms with E-state index >= 15 is 0 Å². The van der Waals surface area contributed by atoms with Gasteiger partial charge >= 0.3 is 6.09 Å². The number of amides is 1. The van der Waals surface area contributed by atoms with E-state index in [1.54, 1.807) is 12.1 Å². The number of carbonyl (C=O) groups is 1. The lowest BCUT2D eigenvalue weighted by Gasteiger charge is -2.27. The third-order valence-electron chi connectivity index (χ3n) is 2.24. The average molecular weight is 219 g/mol. The molecule has 0 saturated heterocycles. The molecule has 0 atom stereocenters. The Morgan fingerprint density at radius 2 is 2.19 bits per heavy atom. The molecule has 2 N–H and O–H groups in total. The van der Waals surface area contributed by atoms with Gasteiger partial charge in [-0.05, 0) is 32.1 Å². The summed E-state index contributed by atoms with van der Waals surface area (Å²) in [6.07, 6.45) is 3.13. The highest BCUT2D eigenvalue weighted by atomic mass is 16.5. The molecular weight excluding hydrogens is 206 g/mol. The van der Waals surface area contributed by atoms with Gasteiger partial charge in [-0.1, -0.05) is 6.08 Å². The van der Waals surface area contributed by atoms with E-state index in [4.69, 9.17) is 15.2 Å². The van der Waals surface area contributed by atoms with Crippen LogP contribution in [0, 0.1) is 0 Å². The molecule has 1 aliphatic heterocycles. The van der Waals surface area contributed by atoms with Crippen molar-refractivity contribution in [2.75, 3.05) is 0 Å². The van der Waals surface area contributed by atoms with Crippen LogP contribution in [0.3, 0.4) is 0 Å². The highest BCUT2D eigenvalue weighted by Crippen LogP contribution is 2.33. The van der Waals surface area contributed by atoms with Gasteiger partial charge in [-0.3, -0.25) is 0 Å². The summed E-state index contributed by atoms with van der Waals surface area (Å²) in [6, 6.07) is 5.15. The van der Waals surface area contributed by atoms with E-state index in [-0.39, 0.29) is 5.60 Å². The van der Waals surface area contributed by atoms with Crippen molar-refractivity contribution in [3.8, 4) is 11.5 Å². The van der Waals surface area contributed by atoms with Gasteiger partial charge in [0.05, 0.1) is 0 Å². The third-order valence-corrected chi connectivity index (χ3v) is 2.24. The summed E-state index contributed by atoms with van der Waals surface area (Å²) in [7, 11) is 0. The van der Waals surface area contributed by atoms with E-state index in [0.717, 1.165) is 5.56 Å². The summed E-state index contributed by atoms with van der Waals surface area (Å²) in [6.45, 7) is 3.90. The van der Waals surface area contributed by atoms with E-state index in [2.05, 4.69) is 0 Å². The summed E-state index contributed by atoms with van der Waals surface area (Å²) in [5, 5.41) is 0. The molecule has 1 heterocycles. The number of hydrogen-bond acceptors (Lipinski definition) is 3. The number of nitrogens with two attached hydrogens (primary N) is 1. The van der Waals surface area contributed by atoms with Gasteiger partial charge in [-0.15, -0.1) is 0 Å². The Kier molecular flexibility index (Phi) is 2.34. The molecule has 0 bridgehead atoms. The second kappa shape index (κ2) is 3.56. The third kappa shape index (κ3) is 2.16. The second-order valence-corrected chi connectivity index (χ2v) is 4.16. The molecule has 1 aliphatic rings. The number of fused-ring (bicyclic) bond motifs is 1. The molecule has 1 aromatic rings. The zero-order valence-electron chi connectivity index (χ0n) is 9.19. The first kappa shape index (κ1) is 10.5. The van der Waals surface area contributed by atoms with Gasteiger partial charge in [0.25, 0.3) is 0 Å². The van der Waals surface area contributed by atoms with Crippen molar-refractivity contribution in [1.82, 2.24) is 0 Å². The Hall–Kier alpha value is -1.97. The van der Waals surface area contributed by atoms with Crippen LogP contribution in [0.1, 0.15) is 19.4 Å². The zero-order chi connectivity index (χ0) is 11.8. The fraction of sp³-hybridized carbons (Fsp3) is 0.250. The molecule has 1 aromatic carbocycles. The summed E-state index contributed by atoms with van der Waals surface area (Å²) in [4.78, 5) is 10.6. The summed E-state index contributed by atoms with van der Waals surface area (Å²) in [5.74, 6) is 1.07. The maximum Gasteiger partial charge on any atom is 0.409 e. The van der Waals surface area contributed by atoms with Crippen molar-refractivity contribution in [2.24, 2.45) is 5.73 Å². The van der Waals surface area contributed by atoms with Gasteiger partial charge in [-0.25, -0.2) is 4.79 Å². The van der Waals surface area contributed by atoms with E-state index < -0.39 is 6.09 Å². The molecule has 0 aliphatic carbocycles. The topological polar surface area (TPSA) is 61.5 Å². The van der Waals surface area contributed by atoms with Crippen LogP contribution >= 0.6 is 0 Å². The van der Waals surface area contributed by atoms with E-state index in [1.807, 2.05) is 32.1 Å². The Balaban J connectivity index is 2.33. The number of hydrogen-bond donors (Lipinski definition) is 1. The Morgan fingerprint density at radius 3 is 2.88 bits per heavy atom. The molecule has 2 rings (SSSR count). The molecule has 84 valence electrons. The van der Waals surface area contributed by atoms with Gasteiger partial charge in [0.15, 0.2) is 0 Å². The fourth-order valence-electron chi connectivity index (χ4n) is 1.53. The molecule has 0 unspecified atom stereocenters. The molecule has 0 saturated carbocycles. The van der Waals surface area contributed by atoms with E-state index in [1.165, 1.54) is 0 Å². The number of rotatable bonds is 1. The molecule has 16 heavy (non-hydrogen) atoms. The van der Waals surface area contributed by atoms with Crippen molar-refractivity contribution in [3.05, 3.63) is 29.8 Å². The van der Waals surface area contributed by atoms with Crippen molar-refractivity contribution < 1.29 is 14.3 Å². The van der Waals surface area contributed by atoms with Gasteiger partial charge < -0.3 is 15.2 Å². The van der Waals surface area contributed by atoms with E-state index in [0.29, 0.717) is 11.5 Å². The van der Waals surface area contributed by atoms with Crippen LogP contribution in [0.5, 0.6) is 11.5 Å². The van der Waals surface area contributed by atoms with E-state index in [9.17, 15) is 4.79 Å². The predicted molar refractivity (Wildman–Crippen MR) is 60.4 cm³/mol. The van der Waals surface area contributed by atoms with Crippen LogP contribution in [0.2, 0.25) is 0 Å². The molecule has 4 nitrogen and oxygen atoms in total. The minimum Gasteiger partial charge on any atom is -0.483 e. The van der Waals surface area contributed by atoms with Crippen molar-refractivity contribution in [2.45, 2.75) is 19.4 Å². The normalized spacial score (nSPS) is 16.1. The number of carbonyl (C=O) groups excluding carboxylic acids is 1. The summed E-state index contributed by atoms with van der Waals surface area (Å²) in [5.41, 5.74) is 5.54. The molecule has 0 radical (unpaired) electrons. The fourth-order valence-corrected chi connectivity index (χ4v) is 1.53. The molecule has 4 heteroatoms. The Labute approximate surface area is 93.7 Å². The van der Waals surface area contributed by atoms with Crippen molar-refractivity contribution >= 4 is 12.2 Å². The zero-order valence-corrected chi connectivity index (χ0v) is 9.19. The molecule has 1 amide bonds. The smallest absolute Gasteiger partial charge is 0.409 e. The van der Waals surface area contributed by atoms with Crippen LogP contribution in [-0.2, 0) is 0 Å². The lowest BCUT2D eigenvalue weighted by molar-refractivity contribution is 0.158. The monoisotopic (exact) mass is 219 g/mol. The largest absolute Gasteiger partial charge is 0.483 e. The van der Waals surface area contributed by atoms with Crippen molar-refractivity contribution in [3.63, 3.8) is 0 Å². The van der Waals surface area contributed by atoms with Crippen LogP contribution in [0.25, 0.3) is 6.08 Å². The first-order chi connectivity index (χ1) is 7.46. The lowest BCUT2D eigenvalue weighted by atomic mass is 10.0. The number of ether oxygens (including phenoxy) is 2. The average Bonchev–Trinajstić information content (AvgIpc) is 2.14. The van der Waals surface area contributed by atoms with Gasteiger partial charge in [-0.2, -0.15) is 0 Å². The number of benzene rings is 1. The SMILES string of the molecule is CC1(C)C=Cc2ccc(OC(N)=O)cc2O1. The minimum absolute atomic E-state index is 0.349. The first-order valence-corrected chi connectivity index (χ1v) is 4.96. The second-order valence-electron chi connectivity index (χ2n) is 4.16. The molecule has 0 spiro atoms. The molecule has 0 fully saturated rings. The van der Waals surface area contributed by atoms with Crippen molar-refractivity contribution in [1.29, 1.82) is 0 Å². The predicted octanol–water partition coefficient (Wildman–Crippen LogP) is 2.33. The lowest BCUT2D eigenvalue weighted by Crippen LogP contribution is -2.27. The van der Waals surface area contributed by atoms with Crippen LogP contribution in [-0.4, -0.2) is 11.7 Å². The van der Waals surface area contributed by atoms with Gasteiger partial charge in [0.1, 0.15) is 17.1 Å². The van der Waals surface area contributed by atoms with Crippen LogP contribution in [0.4, 0.5) is 4.79 Å². The Morgan fingerprint density at radius 1 is 1.44 bits per heavy atom. The maximum atomic E-state index is 10.6. The summed E-state index contributed by atoms with van der Waals surface area (Å²) >= 11 is 0. The first-order valence-electron chi connectivity index (χ1n) is 4.96. The highest BCUT2D eigenvalue weighted by Gasteiger charge is 2.21. The van der Waals surface area contributed by atoms with Crippen LogP contribution in [0.15, 0.2) is 24.3 Å². The standard InChI is InChI=1S/C12H13NO3/c1-12(2)6-5-8-3-4-9(15-11(13)14)7-10(8)16-12/h3-7H,1-2H3,(H2,13,14). The minimum atomic E-state index is -0.828. The van der Waals surface area contributed by atoms with Gasteiger partial charge in [0, 0.05) is 11.6 Å². The van der Waals surface area contributed by atoms with Gasteiger partial charge in [0.2, 0.25) is 0 Å².